The van der Waals surface area contributed by atoms with Gasteiger partial charge in [-0.2, -0.15) is 0 Å². The number of rotatable bonds is 5. The van der Waals surface area contributed by atoms with Crippen molar-refractivity contribution in [2.24, 2.45) is 5.73 Å². The van der Waals surface area contributed by atoms with Gasteiger partial charge in [0.1, 0.15) is 5.82 Å². The van der Waals surface area contributed by atoms with E-state index in [0.29, 0.717) is 16.7 Å². The number of aromatic nitrogens is 4. The molecule has 2 heterocycles. The third-order valence-corrected chi connectivity index (χ3v) is 4.40. The molecule has 6 nitrogen and oxygen atoms in total. The average molecular weight is 343 g/mol. The lowest BCUT2D eigenvalue weighted by molar-refractivity contribution is -0.117. The number of benzene rings is 1. The lowest BCUT2D eigenvalue weighted by atomic mass is 10.2. The van der Waals surface area contributed by atoms with Crippen molar-refractivity contribution in [1.29, 1.82) is 0 Å². The van der Waals surface area contributed by atoms with Crippen LogP contribution in [0.15, 0.2) is 53.9 Å². The van der Waals surface area contributed by atoms with E-state index in [1.165, 1.54) is 23.9 Å². The smallest absolute Gasteiger partial charge is 0.230 e. The van der Waals surface area contributed by atoms with Gasteiger partial charge < -0.3 is 5.73 Å². The molecule has 0 saturated heterocycles. The predicted molar refractivity (Wildman–Crippen MR) is 89.1 cm³/mol. The fraction of sp³-hybridized carbons (Fsp3) is 0.125. The third kappa shape index (κ3) is 3.28. The standard InChI is InChI=1S/C16H14FN5OS/c1-10(14(18)23)24-16-21-20-15(11-6-8-19-9-7-11)22(16)13-4-2-12(17)3-5-13/h2-10H,1H3,(H2,18,23)/t10-/m0/s1. The Morgan fingerprint density at radius 2 is 1.83 bits per heavy atom. The Labute approximate surface area is 141 Å². The molecule has 8 heteroatoms. The molecule has 2 N–H and O–H groups in total. The first-order valence-corrected chi connectivity index (χ1v) is 8.02. The molecule has 0 aliphatic heterocycles. The largest absolute Gasteiger partial charge is 0.369 e. The normalized spacial score (nSPS) is 12.1. The van der Waals surface area contributed by atoms with Crippen LogP contribution in [0.2, 0.25) is 0 Å². The fourth-order valence-electron chi connectivity index (χ4n) is 2.07. The summed E-state index contributed by atoms with van der Waals surface area (Å²) in [5, 5.41) is 8.41. The van der Waals surface area contributed by atoms with E-state index in [2.05, 4.69) is 15.2 Å². The Kier molecular flexibility index (Phi) is 4.57. The van der Waals surface area contributed by atoms with E-state index < -0.39 is 11.2 Å². The van der Waals surface area contributed by atoms with Crippen LogP contribution >= 0.6 is 11.8 Å². The highest BCUT2D eigenvalue weighted by atomic mass is 32.2. The van der Waals surface area contributed by atoms with Crippen LogP contribution in [0.3, 0.4) is 0 Å². The number of primary amides is 1. The number of pyridine rings is 1. The van der Waals surface area contributed by atoms with Gasteiger partial charge in [0, 0.05) is 23.6 Å². The summed E-state index contributed by atoms with van der Waals surface area (Å²) >= 11 is 1.20. The Balaban J connectivity index is 2.12. The first kappa shape index (κ1) is 16.1. The van der Waals surface area contributed by atoms with E-state index in [-0.39, 0.29) is 5.82 Å². The molecule has 0 saturated carbocycles. The fourth-order valence-corrected chi connectivity index (χ4v) is 2.89. The van der Waals surface area contributed by atoms with Gasteiger partial charge in [0.05, 0.1) is 5.25 Å². The van der Waals surface area contributed by atoms with Gasteiger partial charge in [-0.05, 0) is 43.3 Å². The minimum Gasteiger partial charge on any atom is -0.369 e. The summed E-state index contributed by atoms with van der Waals surface area (Å²) in [5.41, 5.74) is 6.83. The molecule has 0 aliphatic carbocycles. The Bertz CT molecular complexity index is 851. The molecule has 3 aromatic rings. The van der Waals surface area contributed by atoms with Crippen LogP contribution < -0.4 is 5.73 Å². The second-order valence-corrected chi connectivity index (χ2v) is 6.32. The van der Waals surface area contributed by atoms with Crippen molar-refractivity contribution in [3.05, 3.63) is 54.6 Å². The van der Waals surface area contributed by atoms with E-state index >= 15 is 0 Å². The molecule has 1 atom stereocenters. The third-order valence-electron chi connectivity index (χ3n) is 3.34. The number of hydrogen-bond acceptors (Lipinski definition) is 5. The second kappa shape index (κ2) is 6.79. The van der Waals surface area contributed by atoms with E-state index in [1.54, 1.807) is 48.1 Å². The molecule has 0 aliphatic rings. The number of hydrogen-bond donors (Lipinski definition) is 1. The first-order chi connectivity index (χ1) is 11.6. The van der Waals surface area contributed by atoms with Gasteiger partial charge in [0.2, 0.25) is 5.91 Å². The van der Waals surface area contributed by atoms with Gasteiger partial charge >= 0.3 is 0 Å². The molecular formula is C16H14FN5OS. The van der Waals surface area contributed by atoms with Gasteiger partial charge in [-0.1, -0.05) is 11.8 Å². The predicted octanol–water partition coefficient (Wildman–Crippen LogP) is 2.43. The highest BCUT2D eigenvalue weighted by Gasteiger charge is 2.20. The monoisotopic (exact) mass is 343 g/mol. The number of amides is 1. The van der Waals surface area contributed by atoms with Gasteiger partial charge in [-0.15, -0.1) is 10.2 Å². The summed E-state index contributed by atoms with van der Waals surface area (Å²) in [6.07, 6.45) is 3.30. The summed E-state index contributed by atoms with van der Waals surface area (Å²) in [7, 11) is 0. The van der Waals surface area contributed by atoms with E-state index in [9.17, 15) is 9.18 Å². The summed E-state index contributed by atoms with van der Waals surface area (Å²) in [6.45, 7) is 1.70. The Morgan fingerprint density at radius 3 is 2.46 bits per heavy atom. The van der Waals surface area contributed by atoms with Crippen LogP contribution in [0, 0.1) is 5.82 Å². The van der Waals surface area contributed by atoms with E-state index in [1.807, 2.05) is 0 Å². The maximum atomic E-state index is 13.3. The van der Waals surface area contributed by atoms with Crippen molar-refractivity contribution in [2.75, 3.05) is 0 Å². The van der Waals surface area contributed by atoms with Crippen molar-refractivity contribution in [1.82, 2.24) is 19.7 Å². The first-order valence-electron chi connectivity index (χ1n) is 7.14. The topological polar surface area (TPSA) is 86.7 Å². The lowest BCUT2D eigenvalue weighted by Gasteiger charge is -2.12. The van der Waals surface area contributed by atoms with Gasteiger partial charge in [-0.25, -0.2) is 4.39 Å². The molecule has 1 aromatic carbocycles. The zero-order valence-electron chi connectivity index (χ0n) is 12.8. The number of nitrogens with two attached hydrogens (primary N) is 1. The molecule has 122 valence electrons. The van der Waals surface area contributed by atoms with Gasteiger partial charge in [0.25, 0.3) is 0 Å². The molecule has 1 amide bonds. The van der Waals surface area contributed by atoms with Gasteiger partial charge in [0.15, 0.2) is 11.0 Å². The van der Waals surface area contributed by atoms with Crippen LogP contribution in [0.5, 0.6) is 0 Å². The second-order valence-electron chi connectivity index (χ2n) is 5.02. The number of carbonyl (C=O) groups excluding carboxylic acids is 1. The van der Waals surface area contributed by atoms with Crippen LogP contribution in [0.25, 0.3) is 17.1 Å². The van der Waals surface area contributed by atoms with Crippen molar-refractivity contribution in [3.8, 4) is 17.1 Å². The van der Waals surface area contributed by atoms with E-state index in [4.69, 9.17) is 5.73 Å². The van der Waals surface area contributed by atoms with Crippen LogP contribution in [0.1, 0.15) is 6.92 Å². The maximum absolute atomic E-state index is 13.3. The Morgan fingerprint density at radius 1 is 1.17 bits per heavy atom. The minimum absolute atomic E-state index is 0.336. The van der Waals surface area contributed by atoms with Gasteiger partial charge in [-0.3, -0.25) is 14.3 Å². The Hall–Kier alpha value is -2.74. The SMILES string of the molecule is C[C@H](Sc1nnc(-c2ccncc2)n1-c1ccc(F)cc1)C(N)=O. The maximum Gasteiger partial charge on any atom is 0.230 e. The summed E-state index contributed by atoms with van der Waals surface area (Å²) in [4.78, 5) is 15.3. The molecular weight excluding hydrogens is 329 g/mol. The molecule has 3 rings (SSSR count). The quantitative estimate of drug-likeness (QED) is 0.719. The average Bonchev–Trinajstić information content (AvgIpc) is 3.00. The van der Waals surface area contributed by atoms with Crippen molar-refractivity contribution >= 4 is 17.7 Å². The number of nitrogens with zero attached hydrogens (tertiary/aromatic N) is 4. The molecule has 0 spiro atoms. The lowest BCUT2D eigenvalue weighted by Crippen LogP contribution is -2.23. The van der Waals surface area contributed by atoms with Crippen molar-refractivity contribution < 1.29 is 9.18 Å². The summed E-state index contributed by atoms with van der Waals surface area (Å²) in [5.74, 6) is -0.209. The van der Waals surface area contributed by atoms with E-state index in [0.717, 1.165) is 5.56 Å². The number of carbonyl (C=O) groups is 1. The van der Waals surface area contributed by atoms with Crippen LogP contribution in [-0.4, -0.2) is 30.9 Å². The summed E-state index contributed by atoms with van der Waals surface area (Å²) < 4.78 is 15.0. The highest BCUT2D eigenvalue weighted by molar-refractivity contribution is 8.00. The summed E-state index contributed by atoms with van der Waals surface area (Å²) in [6, 6.07) is 9.58. The number of thioether (sulfide) groups is 1. The highest BCUT2D eigenvalue weighted by Crippen LogP contribution is 2.29. The molecule has 0 bridgehead atoms. The van der Waals surface area contributed by atoms with Crippen LogP contribution in [-0.2, 0) is 4.79 Å². The minimum atomic E-state index is -0.473. The van der Waals surface area contributed by atoms with Crippen molar-refractivity contribution in [3.63, 3.8) is 0 Å². The molecule has 24 heavy (non-hydrogen) atoms. The van der Waals surface area contributed by atoms with Crippen molar-refractivity contribution in [2.45, 2.75) is 17.3 Å². The molecule has 0 radical (unpaired) electrons. The molecule has 0 fully saturated rings. The molecule has 2 aromatic heterocycles. The zero-order chi connectivity index (χ0) is 17.1. The number of halogens is 1. The molecule has 0 unspecified atom stereocenters. The van der Waals surface area contributed by atoms with Crippen LogP contribution in [0.4, 0.5) is 4.39 Å². The zero-order valence-corrected chi connectivity index (χ0v) is 13.6.